The first-order valence-corrected chi connectivity index (χ1v) is 7.59. The van der Waals surface area contributed by atoms with Gasteiger partial charge in [-0.1, -0.05) is 30.3 Å². The fourth-order valence-corrected chi connectivity index (χ4v) is 2.75. The Balaban J connectivity index is 2.00. The molecule has 25 heavy (non-hydrogen) atoms. The second-order valence-electron chi connectivity index (χ2n) is 5.63. The number of hydrogen-bond acceptors (Lipinski definition) is 3. The Bertz CT molecular complexity index is 972. The van der Waals surface area contributed by atoms with Crippen LogP contribution in [-0.4, -0.2) is 4.98 Å². The number of fused-ring (bicyclic) bond motifs is 1. The van der Waals surface area contributed by atoms with Gasteiger partial charge in [-0.2, -0.15) is 18.4 Å². The molecule has 0 saturated carbocycles. The van der Waals surface area contributed by atoms with Gasteiger partial charge in [-0.3, -0.25) is 4.98 Å². The second-order valence-corrected chi connectivity index (χ2v) is 5.63. The normalized spacial score (nSPS) is 11.3. The average molecular weight is 341 g/mol. The summed E-state index contributed by atoms with van der Waals surface area (Å²) in [6.45, 7) is 1.80. The maximum Gasteiger partial charge on any atom is 0.416 e. The molecule has 1 heterocycles. The Hall–Kier alpha value is -3.07. The van der Waals surface area contributed by atoms with E-state index in [1.54, 1.807) is 37.3 Å². The number of nitrogens with zero attached hydrogens (tertiary/aromatic N) is 2. The average Bonchev–Trinajstić information content (AvgIpc) is 2.58. The summed E-state index contributed by atoms with van der Waals surface area (Å²) < 4.78 is 39.3. The zero-order chi connectivity index (χ0) is 18.0. The molecule has 3 aromatic rings. The maximum absolute atomic E-state index is 13.1. The molecule has 3 rings (SSSR count). The minimum Gasteiger partial charge on any atom is -0.380 e. The molecule has 0 radical (unpaired) electrons. The van der Waals surface area contributed by atoms with Crippen molar-refractivity contribution in [3.05, 3.63) is 70.9 Å². The van der Waals surface area contributed by atoms with Crippen molar-refractivity contribution in [2.75, 3.05) is 5.32 Å². The number of benzene rings is 2. The standard InChI is InChI=1S/C19H14F3N3/c1-12-9-17(15-7-4-6-13(10-23)18(15)25-12)24-11-14-5-2-3-8-16(14)19(20,21)22/h2-9H,11H2,1H3,(H,24,25). The van der Waals surface area contributed by atoms with Crippen LogP contribution in [0.5, 0.6) is 0 Å². The number of pyridine rings is 1. The van der Waals surface area contributed by atoms with Crippen LogP contribution in [0.25, 0.3) is 10.9 Å². The van der Waals surface area contributed by atoms with Crippen LogP contribution >= 0.6 is 0 Å². The van der Waals surface area contributed by atoms with Gasteiger partial charge in [0.25, 0.3) is 0 Å². The van der Waals surface area contributed by atoms with Crippen molar-refractivity contribution in [1.29, 1.82) is 5.26 Å². The van der Waals surface area contributed by atoms with Crippen LogP contribution in [0.4, 0.5) is 18.9 Å². The van der Waals surface area contributed by atoms with E-state index < -0.39 is 11.7 Å². The summed E-state index contributed by atoms with van der Waals surface area (Å²) in [6, 6.07) is 14.5. The molecule has 1 N–H and O–H groups in total. The first-order chi connectivity index (χ1) is 11.9. The minimum atomic E-state index is -4.40. The monoisotopic (exact) mass is 341 g/mol. The molecular formula is C19H14F3N3. The second kappa shape index (κ2) is 6.44. The van der Waals surface area contributed by atoms with E-state index in [1.807, 2.05) is 0 Å². The summed E-state index contributed by atoms with van der Waals surface area (Å²) in [4.78, 5) is 4.38. The molecule has 0 atom stereocenters. The lowest BCUT2D eigenvalue weighted by atomic mass is 10.1. The largest absolute Gasteiger partial charge is 0.416 e. The lowest BCUT2D eigenvalue weighted by Crippen LogP contribution is -2.12. The smallest absolute Gasteiger partial charge is 0.380 e. The molecule has 2 aromatic carbocycles. The molecular weight excluding hydrogens is 327 g/mol. The van der Waals surface area contributed by atoms with Crippen LogP contribution < -0.4 is 5.32 Å². The highest BCUT2D eigenvalue weighted by atomic mass is 19.4. The minimum absolute atomic E-state index is 0.0189. The SMILES string of the molecule is Cc1cc(NCc2ccccc2C(F)(F)F)c2cccc(C#N)c2n1. The van der Waals surface area contributed by atoms with Crippen molar-refractivity contribution in [2.24, 2.45) is 0 Å². The van der Waals surface area contributed by atoms with Crippen molar-refractivity contribution in [2.45, 2.75) is 19.6 Å². The Morgan fingerprint density at radius 1 is 1.12 bits per heavy atom. The predicted octanol–water partition coefficient (Wildman–Crippen LogP) is 5.05. The Morgan fingerprint density at radius 3 is 2.60 bits per heavy atom. The molecule has 0 spiro atoms. The van der Waals surface area contributed by atoms with Crippen LogP contribution in [0, 0.1) is 18.3 Å². The van der Waals surface area contributed by atoms with Crippen molar-refractivity contribution < 1.29 is 13.2 Å². The van der Waals surface area contributed by atoms with Gasteiger partial charge in [0.2, 0.25) is 0 Å². The van der Waals surface area contributed by atoms with E-state index in [9.17, 15) is 18.4 Å². The zero-order valence-corrected chi connectivity index (χ0v) is 13.4. The molecule has 1 aromatic heterocycles. The van der Waals surface area contributed by atoms with E-state index in [4.69, 9.17) is 0 Å². The summed E-state index contributed by atoms with van der Waals surface area (Å²) >= 11 is 0. The van der Waals surface area contributed by atoms with E-state index in [-0.39, 0.29) is 12.1 Å². The van der Waals surface area contributed by atoms with Gasteiger partial charge >= 0.3 is 6.18 Å². The van der Waals surface area contributed by atoms with Crippen LogP contribution in [0.1, 0.15) is 22.4 Å². The van der Waals surface area contributed by atoms with E-state index in [0.29, 0.717) is 27.8 Å². The number of nitrogens with one attached hydrogen (secondary N) is 1. The van der Waals surface area contributed by atoms with Gasteiger partial charge in [0, 0.05) is 23.3 Å². The number of aryl methyl sites for hydroxylation is 1. The topological polar surface area (TPSA) is 48.7 Å². The molecule has 0 bridgehead atoms. The van der Waals surface area contributed by atoms with E-state index in [1.165, 1.54) is 12.1 Å². The maximum atomic E-state index is 13.1. The van der Waals surface area contributed by atoms with Crippen molar-refractivity contribution in [3.63, 3.8) is 0 Å². The summed E-state index contributed by atoms with van der Waals surface area (Å²) in [6.07, 6.45) is -4.40. The highest BCUT2D eigenvalue weighted by Gasteiger charge is 2.32. The number of hydrogen-bond donors (Lipinski definition) is 1. The van der Waals surface area contributed by atoms with Gasteiger partial charge in [-0.25, -0.2) is 0 Å². The zero-order valence-electron chi connectivity index (χ0n) is 13.4. The predicted molar refractivity (Wildman–Crippen MR) is 90.0 cm³/mol. The van der Waals surface area contributed by atoms with Crippen LogP contribution in [0.2, 0.25) is 0 Å². The van der Waals surface area contributed by atoms with Gasteiger partial charge in [0.05, 0.1) is 16.6 Å². The van der Waals surface area contributed by atoms with Crippen molar-refractivity contribution in [1.82, 2.24) is 4.98 Å². The highest BCUT2D eigenvalue weighted by Crippen LogP contribution is 2.33. The number of anilines is 1. The van der Waals surface area contributed by atoms with Gasteiger partial charge in [-0.15, -0.1) is 0 Å². The van der Waals surface area contributed by atoms with Crippen LogP contribution in [-0.2, 0) is 12.7 Å². The first-order valence-electron chi connectivity index (χ1n) is 7.59. The van der Waals surface area contributed by atoms with Crippen LogP contribution in [0.3, 0.4) is 0 Å². The summed E-state index contributed by atoms with van der Waals surface area (Å²) in [7, 11) is 0. The third-order valence-corrected chi connectivity index (χ3v) is 3.88. The number of alkyl halides is 3. The number of aromatic nitrogens is 1. The molecule has 0 unspecified atom stereocenters. The van der Waals surface area contributed by atoms with Gasteiger partial charge in [-0.05, 0) is 30.7 Å². The summed E-state index contributed by atoms with van der Waals surface area (Å²) in [5, 5.41) is 13.0. The van der Waals surface area contributed by atoms with Crippen molar-refractivity contribution in [3.8, 4) is 6.07 Å². The van der Waals surface area contributed by atoms with Gasteiger partial charge in [0.15, 0.2) is 0 Å². The van der Waals surface area contributed by atoms with Crippen LogP contribution in [0.15, 0.2) is 48.5 Å². The molecule has 0 aliphatic carbocycles. The van der Waals surface area contributed by atoms with E-state index in [0.717, 1.165) is 6.07 Å². The fraction of sp³-hybridized carbons (Fsp3) is 0.158. The van der Waals surface area contributed by atoms with E-state index in [2.05, 4.69) is 16.4 Å². The number of halogens is 3. The van der Waals surface area contributed by atoms with Gasteiger partial charge in [0.1, 0.15) is 6.07 Å². The molecule has 0 amide bonds. The quantitative estimate of drug-likeness (QED) is 0.725. The molecule has 6 heteroatoms. The summed E-state index contributed by atoms with van der Waals surface area (Å²) in [5.74, 6) is 0. The molecule has 126 valence electrons. The molecule has 0 fully saturated rings. The molecule has 0 aliphatic heterocycles. The van der Waals surface area contributed by atoms with Gasteiger partial charge < -0.3 is 5.32 Å². The summed E-state index contributed by atoms with van der Waals surface area (Å²) in [5.41, 5.74) is 1.80. The Morgan fingerprint density at radius 2 is 1.88 bits per heavy atom. The van der Waals surface area contributed by atoms with Crippen molar-refractivity contribution >= 4 is 16.6 Å². The Kier molecular flexibility index (Phi) is 4.32. The third kappa shape index (κ3) is 3.41. The molecule has 3 nitrogen and oxygen atoms in total. The number of para-hydroxylation sites is 1. The number of rotatable bonds is 3. The lowest BCUT2D eigenvalue weighted by Gasteiger charge is -2.15. The molecule has 0 saturated heterocycles. The Labute approximate surface area is 142 Å². The molecule has 0 aliphatic rings. The lowest BCUT2D eigenvalue weighted by molar-refractivity contribution is -0.138. The van der Waals surface area contributed by atoms with E-state index >= 15 is 0 Å². The third-order valence-electron chi connectivity index (χ3n) is 3.88. The fourth-order valence-electron chi connectivity index (χ4n) is 2.75. The highest BCUT2D eigenvalue weighted by molar-refractivity contribution is 5.94. The number of nitriles is 1. The first kappa shape index (κ1) is 16.8.